The fraction of sp³-hybridized carbons (Fsp3) is 0.545. The third-order valence-corrected chi connectivity index (χ3v) is 2.19. The van der Waals surface area contributed by atoms with Gasteiger partial charge >= 0.3 is 0 Å². The molecule has 0 aliphatic carbocycles. The van der Waals surface area contributed by atoms with Crippen LogP contribution in [0.4, 0.5) is 0 Å². The van der Waals surface area contributed by atoms with Gasteiger partial charge in [-0.3, -0.25) is 4.79 Å². The number of allylic oxidation sites excluding steroid dienone is 3. The van der Waals surface area contributed by atoms with Gasteiger partial charge in [0.15, 0.2) is 0 Å². The quantitative estimate of drug-likeness (QED) is 0.519. The van der Waals surface area contributed by atoms with Gasteiger partial charge in [-0.25, -0.2) is 0 Å². The summed E-state index contributed by atoms with van der Waals surface area (Å²) in [6, 6.07) is 0.298. The largest absolute Gasteiger partial charge is 0.349 e. The van der Waals surface area contributed by atoms with Crippen molar-refractivity contribution in [2.45, 2.75) is 25.8 Å². The maximum atomic E-state index is 11.3. The van der Waals surface area contributed by atoms with Gasteiger partial charge in [0, 0.05) is 18.7 Å². The monoisotopic (exact) mass is 194 g/mol. The smallest absolute Gasteiger partial charge is 0.244 e. The Morgan fingerprint density at radius 3 is 3.00 bits per heavy atom. The fourth-order valence-corrected chi connectivity index (χ4v) is 1.48. The molecule has 2 N–H and O–H groups in total. The van der Waals surface area contributed by atoms with Crippen molar-refractivity contribution in [3.05, 3.63) is 24.3 Å². The minimum absolute atomic E-state index is 0.00296. The molecule has 78 valence electrons. The van der Waals surface area contributed by atoms with Crippen molar-refractivity contribution in [1.29, 1.82) is 0 Å². The molecule has 0 radical (unpaired) electrons. The Balaban J connectivity index is 2.25. The number of carbonyl (C=O) groups is 1. The second kappa shape index (κ2) is 6.38. The predicted octanol–water partition coefficient (Wildman–Crippen LogP) is 0.987. The van der Waals surface area contributed by atoms with E-state index in [0.29, 0.717) is 6.04 Å². The lowest BCUT2D eigenvalue weighted by Crippen LogP contribution is -2.45. The summed E-state index contributed by atoms with van der Waals surface area (Å²) >= 11 is 0. The van der Waals surface area contributed by atoms with E-state index in [1.54, 1.807) is 12.2 Å². The molecule has 1 fully saturated rings. The van der Waals surface area contributed by atoms with Gasteiger partial charge in [-0.1, -0.05) is 18.2 Å². The van der Waals surface area contributed by atoms with Crippen molar-refractivity contribution < 1.29 is 4.79 Å². The summed E-state index contributed by atoms with van der Waals surface area (Å²) in [5.74, 6) is -0.00296. The normalized spacial score (nSPS) is 23.1. The molecule has 0 aromatic rings. The Morgan fingerprint density at radius 2 is 2.36 bits per heavy atom. The summed E-state index contributed by atoms with van der Waals surface area (Å²) in [6.45, 7) is 3.89. The first kappa shape index (κ1) is 11.0. The van der Waals surface area contributed by atoms with Gasteiger partial charge in [-0.2, -0.15) is 0 Å². The zero-order valence-corrected chi connectivity index (χ0v) is 8.62. The SMILES string of the molecule is C/C=C/C=C/C(=O)N[C@@H]1CCCNC1. The van der Waals surface area contributed by atoms with E-state index in [-0.39, 0.29) is 5.91 Å². The minimum atomic E-state index is -0.00296. The molecule has 14 heavy (non-hydrogen) atoms. The van der Waals surface area contributed by atoms with Gasteiger partial charge in [0.2, 0.25) is 5.91 Å². The highest BCUT2D eigenvalue weighted by molar-refractivity contribution is 5.87. The van der Waals surface area contributed by atoms with Gasteiger partial charge in [0.1, 0.15) is 0 Å². The lowest BCUT2D eigenvalue weighted by atomic mass is 10.1. The molecule has 0 spiro atoms. The van der Waals surface area contributed by atoms with Crippen molar-refractivity contribution in [3.8, 4) is 0 Å². The summed E-state index contributed by atoms with van der Waals surface area (Å²) in [5.41, 5.74) is 0. The Kier molecular flexibility index (Phi) is 5.00. The number of nitrogens with one attached hydrogen (secondary N) is 2. The number of rotatable bonds is 3. The molecule has 1 amide bonds. The molecular formula is C11H18N2O. The van der Waals surface area contributed by atoms with Crippen molar-refractivity contribution >= 4 is 5.91 Å². The molecule has 0 saturated carbocycles. The van der Waals surface area contributed by atoms with Crippen LogP contribution in [0.25, 0.3) is 0 Å². The molecule has 1 heterocycles. The van der Waals surface area contributed by atoms with E-state index < -0.39 is 0 Å². The van der Waals surface area contributed by atoms with Crippen LogP contribution in [0.2, 0.25) is 0 Å². The molecule has 0 unspecified atom stereocenters. The maximum absolute atomic E-state index is 11.3. The predicted molar refractivity (Wildman–Crippen MR) is 58.0 cm³/mol. The molecule has 0 bridgehead atoms. The van der Waals surface area contributed by atoms with Gasteiger partial charge < -0.3 is 10.6 Å². The molecule has 1 rings (SSSR count). The minimum Gasteiger partial charge on any atom is -0.349 e. The van der Waals surface area contributed by atoms with Crippen LogP contribution in [-0.2, 0) is 4.79 Å². The van der Waals surface area contributed by atoms with Crippen molar-refractivity contribution in [3.63, 3.8) is 0 Å². The average Bonchev–Trinajstić information content (AvgIpc) is 2.20. The Hall–Kier alpha value is -1.09. The molecule has 1 atom stereocenters. The number of piperidine rings is 1. The van der Waals surface area contributed by atoms with Crippen LogP contribution in [0, 0.1) is 0 Å². The van der Waals surface area contributed by atoms with Crippen LogP contribution in [0.1, 0.15) is 19.8 Å². The highest BCUT2D eigenvalue weighted by atomic mass is 16.1. The van der Waals surface area contributed by atoms with Crippen LogP contribution in [0.3, 0.4) is 0 Å². The highest BCUT2D eigenvalue weighted by Gasteiger charge is 2.13. The first-order valence-electron chi connectivity index (χ1n) is 5.13. The first-order chi connectivity index (χ1) is 6.83. The number of carbonyl (C=O) groups excluding carboxylic acids is 1. The molecule has 1 aliphatic heterocycles. The summed E-state index contributed by atoms with van der Waals surface area (Å²) in [4.78, 5) is 11.3. The number of hydrogen-bond acceptors (Lipinski definition) is 2. The number of amides is 1. The van der Waals surface area contributed by atoms with Crippen LogP contribution in [-0.4, -0.2) is 25.0 Å². The topological polar surface area (TPSA) is 41.1 Å². The van der Waals surface area contributed by atoms with Gasteiger partial charge in [-0.15, -0.1) is 0 Å². The molecular weight excluding hydrogens is 176 g/mol. The van der Waals surface area contributed by atoms with Crippen molar-refractivity contribution in [1.82, 2.24) is 10.6 Å². The third-order valence-electron chi connectivity index (χ3n) is 2.19. The Morgan fingerprint density at radius 1 is 1.50 bits per heavy atom. The van der Waals surface area contributed by atoms with E-state index >= 15 is 0 Å². The second-order valence-corrected chi connectivity index (χ2v) is 3.44. The van der Waals surface area contributed by atoms with E-state index in [1.807, 2.05) is 19.1 Å². The van der Waals surface area contributed by atoms with Crippen molar-refractivity contribution in [2.24, 2.45) is 0 Å². The third kappa shape index (κ3) is 4.23. The van der Waals surface area contributed by atoms with Crippen LogP contribution >= 0.6 is 0 Å². The lowest BCUT2D eigenvalue weighted by Gasteiger charge is -2.23. The Bertz CT molecular complexity index is 227. The fourth-order valence-electron chi connectivity index (χ4n) is 1.48. The van der Waals surface area contributed by atoms with E-state index in [0.717, 1.165) is 25.9 Å². The van der Waals surface area contributed by atoms with Gasteiger partial charge in [-0.05, 0) is 26.3 Å². The second-order valence-electron chi connectivity index (χ2n) is 3.44. The zero-order valence-electron chi connectivity index (χ0n) is 8.62. The van der Waals surface area contributed by atoms with E-state index in [9.17, 15) is 4.79 Å². The first-order valence-corrected chi connectivity index (χ1v) is 5.13. The van der Waals surface area contributed by atoms with Crippen LogP contribution < -0.4 is 10.6 Å². The molecule has 3 nitrogen and oxygen atoms in total. The van der Waals surface area contributed by atoms with Gasteiger partial charge in [0.05, 0.1) is 0 Å². The summed E-state index contributed by atoms with van der Waals surface area (Å²) in [7, 11) is 0. The van der Waals surface area contributed by atoms with Crippen LogP contribution in [0.15, 0.2) is 24.3 Å². The maximum Gasteiger partial charge on any atom is 0.244 e. The number of hydrogen-bond donors (Lipinski definition) is 2. The Labute approximate surface area is 85.3 Å². The molecule has 1 saturated heterocycles. The lowest BCUT2D eigenvalue weighted by molar-refractivity contribution is -0.117. The summed E-state index contributed by atoms with van der Waals surface area (Å²) in [5, 5.41) is 6.21. The standard InChI is InChI=1S/C11H18N2O/c1-2-3-4-7-11(14)13-10-6-5-8-12-9-10/h2-4,7,10,12H,5-6,8-9H2,1H3,(H,13,14)/b3-2+,7-4+/t10-/m1/s1. The van der Waals surface area contributed by atoms with E-state index in [4.69, 9.17) is 0 Å². The molecule has 3 heteroatoms. The molecule has 0 aromatic heterocycles. The zero-order chi connectivity index (χ0) is 10.2. The summed E-state index contributed by atoms with van der Waals surface area (Å²) in [6.07, 6.45) is 9.28. The van der Waals surface area contributed by atoms with Crippen molar-refractivity contribution in [2.75, 3.05) is 13.1 Å². The van der Waals surface area contributed by atoms with Crippen LogP contribution in [0.5, 0.6) is 0 Å². The van der Waals surface area contributed by atoms with E-state index in [1.165, 1.54) is 0 Å². The summed E-state index contributed by atoms with van der Waals surface area (Å²) < 4.78 is 0. The van der Waals surface area contributed by atoms with E-state index in [2.05, 4.69) is 10.6 Å². The average molecular weight is 194 g/mol. The molecule has 0 aromatic carbocycles. The highest BCUT2D eigenvalue weighted by Crippen LogP contribution is 2.00. The molecule has 1 aliphatic rings. The van der Waals surface area contributed by atoms with Gasteiger partial charge in [0.25, 0.3) is 0 Å².